The van der Waals surface area contributed by atoms with E-state index in [1.165, 1.54) is 6.92 Å². The molecule has 1 N–H and O–H groups in total. The SMILES string of the molecule is CC(=O)O[C@@H](CI)CNC(c1ccccc1)(c1ccccc1)c1ccccc1. The van der Waals surface area contributed by atoms with Gasteiger partial charge >= 0.3 is 5.97 Å². The molecular weight excluding hydrogens is 461 g/mol. The second-order valence-electron chi connectivity index (χ2n) is 6.61. The van der Waals surface area contributed by atoms with Gasteiger partial charge in [0.15, 0.2) is 0 Å². The number of ether oxygens (including phenoxy) is 1. The second kappa shape index (κ2) is 9.85. The number of benzene rings is 3. The molecule has 0 bridgehead atoms. The smallest absolute Gasteiger partial charge is 0.302 e. The summed E-state index contributed by atoms with van der Waals surface area (Å²) in [5.74, 6) is -0.256. The van der Waals surface area contributed by atoms with Crippen molar-refractivity contribution >= 4 is 28.6 Å². The summed E-state index contributed by atoms with van der Waals surface area (Å²) in [4.78, 5) is 11.5. The molecular formula is C24H24INO2. The average Bonchev–Trinajstić information content (AvgIpc) is 2.75. The molecule has 1 atom stereocenters. The van der Waals surface area contributed by atoms with E-state index in [2.05, 4.69) is 101 Å². The van der Waals surface area contributed by atoms with Gasteiger partial charge in [-0.3, -0.25) is 10.1 Å². The van der Waals surface area contributed by atoms with Gasteiger partial charge in [0.1, 0.15) is 6.10 Å². The Hall–Kier alpha value is -2.18. The fourth-order valence-electron chi connectivity index (χ4n) is 3.50. The van der Waals surface area contributed by atoms with E-state index in [0.717, 1.165) is 21.1 Å². The summed E-state index contributed by atoms with van der Waals surface area (Å²) in [6.07, 6.45) is -0.200. The van der Waals surface area contributed by atoms with E-state index in [4.69, 9.17) is 4.74 Å². The largest absolute Gasteiger partial charge is 0.460 e. The van der Waals surface area contributed by atoms with Gasteiger partial charge in [-0.25, -0.2) is 0 Å². The van der Waals surface area contributed by atoms with Crippen LogP contribution >= 0.6 is 22.6 Å². The molecule has 4 heteroatoms. The minimum atomic E-state index is -0.548. The molecule has 0 saturated carbocycles. The first-order valence-corrected chi connectivity index (χ1v) is 10.8. The first-order chi connectivity index (χ1) is 13.7. The van der Waals surface area contributed by atoms with Crippen LogP contribution in [0.25, 0.3) is 0 Å². The molecule has 0 aliphatic rings. The van der Waals surface area contributed by atoms with Crippen LogP contribution < -0.4 is 5.32 Å². The first kappa shape index (κ1) is 20.6. The minimum absolute atomic E-state index is 0.200. The Morgan fingerprint density at radius 2 is 1.25 bits per heavy atom. The van der Waals surface area contributed by atoms with Gasteiger partial charge < -0.3 is 4.74 Å². The fraction of sp³-hybridized carbons (Fsp3) is 0.208. The van der Waals surface area contributed by atoms with Crippen LogP contribution in [0.5, 0.6) is 0 Å². The van der Waals surface area contributed by atoms with Crippen LogP contribution in [-0.4, -0.2) is 23.0 Å². The monoisotopic (exact) mass is 485 g/mol. The van der Waals surface area contributed by atoms with E-state index in [1.807, 2.05) is 18.2 Å². The highest BCUT2D eigenvalue weighted by Gasteiger charge is 2.36. The minimum Gasteiger partial charge on any atom is -0.460 e. The highest BCUT2D eigenvalue weighted by atomic mass is 127. The average molecular weight is 485 g/mol. The highest BCUT2D eigenvalue weighted by molar-refractivity contribution is 14.1. The Morgan fingerprint density at radius 1 is 0.857 bits per heavy atom. The molecule has 3 aromatic carbocycles. The summed E-state index contributed by atoms with van der Waals surface area (Å²) < 4.78 is 6.21. The molecule has 0 aromatic heterocycles. The summed E-state index contributed by atoms with van der Waals surface area (Å²) >= 11 is 2.26. The maximum absolute atomic E-state index is 11.5. The Kier molecular flexibility index (Phi) is 7.23. The van der Waals surface area contributed by atoms with E-state index >= 15 is 0 Å². The zero-order valence-electron chi connectivity index (χ0n) is 15.8. The first-order valence-electron chi connectivity index (χ1n) is 9.31. The fourth-order valence-corrected chi connectivity index (χ4v) is 3.99. The van der Waals surface area contributed by atoms with Crippen LogP contribution in [-0.2, 0) is 15.1 Å². The number of hydrogen-bond donors (Lipinski definition) is 1. The highest BCUT2D eigenvalue weighted by Crippen LogP contribution is 2.36. The van der Waals surface area contributed by atoms with Crippen LogP contribution in [0, 0.1) is 0 Å². The third-order valence-corrected chi connectivity index (χ3v) is 5.70. The molecule has 0 aliphatic heterocycles. The number of carbonyl (C=O) groups is 1. The molecule has 0 saturated heterocycles. The maximum Gasteiger partial charge on any atom is 0.302 e. The molecule has 0 spiro atoms. The third-order valence-electron chi connectivity index (χ3n) is 4.72. The zero-order chi connectivity index (χ0) is 19.8. The van der Waals surface area contributed by atoms with Gasteiger partial charge in [0.25, 0.3) is 0 Å². The van der Waals surface area contributed by atoms with Crippen molar-refractivity contribution in [2.75, 3.05) is 11.0 Å². The Balaban J connectivity index is 2.12. The summed E-state index contributed by atoms with van der Waals surface area (Å²) in [7, 11) is 0. The van der Waals surface area contributed by atoms with Gasteiger partial charge in [0.2, 0.25) is 0 Å². The molecule has 3 aromatic rings. The maximum atomic E-state index is 11.5. The summed E-state index contributed by atoms with van der Waals surface area (Å²) in [5.41, 5.74) is 2.88. The quantitative estimate of drug-likeness (QED) is 0.213. The van der Waals surface area contributed by atoms with Crippen LogP contribution in [0.3, 0.4) is 0 Å². The van der Waals surface area contributed by atoms with Crippen LogP contribution in [0.2, 0.25) is 0 Å². The predicted octanol–water partition coefficient (Wildman–Crippen LogP) is 4.93. The van der Waals surface area contributed by atoms with Gasteiger partial charge in [-0.05, 0) is 16.7 Å². The van der Waals surface area contributed by atoms with E-state index < -0.39 is 5.54 Å². The third kappa shape index (κ3) is 4.62. The number of hydrogen-bond acceptors (Lipinski definition) is 3. The van der Waals surface area contributed by atoms with Gasteiger partial charge in [-0.1, -0.05) is 114 Å². The van der Waals surface area contributed by atoms with Crippen molar-refractivity contribution in [3.8, 4) is 0 Å². The van der Waals surface area contributed by atoms with E-state index in [9.17, 15) is 4.79 Å². The molecule has 0 unspecified atom stereocenters. The molecule has 3 nitrogen and oxygen atoms in total. The molecule has 0 aliphatic carbocycles. The number of esters is 1. The van der Waals surface area contributed by atoms with Crippen molar-refractivity contribution in [2.45, 2.75) is 18.6 Å². The summed E-state index contributed by atoms with van der Waals surface area (Å²) in [6, 6.07) is 31.2. The Morgan fingerprint density at radius 3 is 1.57 bits per heavy atom. The van der Waals surface area contributed by atoms with Crippen LogP contribution in [0.1, 0.15) is 23.6 Å². The van der Waals surface area contributed by atoms with E-state index in [-0.39, 0.29) is 12.1 Å². The lowest BCUT2D eigenvalue weighted by Crippen LogP contribution is -2.48. The van der Waals surface area contributed by atoms with E-state index in [1.54, 1.807) is 0 Å². The van der Waals surface area contributed by atoms with Crippen molar-refractivity contribution in [3.63, 3.8) is 0 Å². The number of nitrogens with one attached hydrogen (secondary N) is 1. The molecule has 144 valence electrons. The molecule has 0 fully saturated rings. The molecule has 0 amide bonds. The van der Waals surface area contributed by atoms with Gasteiger partial charge in [0, 0.05) is 17.9 Å². The Bertz CT molecular complexity index is 772. The Labute approximate surface area is 180 Å². The van der Waals surface area contributed by atoms with Crippen molar-refractivity contribution in [2.24, 2.45) is 0 Å². The van der Waals surface area contributed by atoms with Crippen LogP contribution in [0.4, 0.5) is 0 Å². The van der Waals surface area contributed by atoms with Gasteiger partial charge in [0.05, 0.1) is 5.54 Å². The second-order valence-corrected chi connectivity index (χ2v) is 7.50. The normalized spacial score (nSPS) is 12.4. The zero-order valence-corrected chi connectivity index (χ0v) is 18.0. The standard InChI is InChI=1S/C24H24INO2/c1-19(27)28-23(17-25)18-26-24(20-11-5-2-6-12-20,21-13-7-3-8-14-21)22-15-9-4-10-16-22/h2-16,23,26H,17-18H2,1H3/t23-/m0/s1. The van der Waals surface area contributed by atoms with E-state index in [0.29, 0.717) is 6.54 Å². The van der Waals surface area contributed by atoms with Gasteiger partial charge in [-0.15, -0.1) is 0 Å². The number of rotatable bonds is 8. The number of carbonyl (C=O) groups excluding carboxylic acids is 1. The van der Waals surface area contributed by atoms with Crippen molar-refractivity contribution in [1.29, 1.82) is 0 Å². The molecule has 3 rings (SSSR count). The summed E-state index contributed by atoms with van der Waals surface area (Å²) in [6.45, 7) is 2.00. The van der Waals surface area contributed by atoms with Crippen molar-refractivity contribution in [1.82, 2.24) is 5.32 Å². The lowest BCUT2D eigenvalue weighted by atomic mass is 9.77. The molecule has 0 radical (unpaired) electrons. The number of halogens is 1. The molecule has 28 heavy (non-hydrogen) atoms. The van der Waals surface area contributed by atoms with Gasteiger partial charge in [-0.2, -0.15) is 0 Å². The molecule has 0 heterocycles. The number of alkyl halides is 1. The van der Waals surface area contributed by atoms with Crippen LogP contribution in [0.15, 0.2) is 91.0 Å². The van der Waals surface area contributed by atoms with Crippen molar-refractivity contribution < 1.29 is 9.53 Å². The summed E-state index contributed by atoms with van der Waals surface area (Å²) in [5, 5.41) is 3.76. The topological polar surface area (TPSA) is 38.3 Å². The lowest BCUT2D eigenvalue weighted by Gasteiger charge is -2.38. The predicted molar refractivity (Wildman–Crippen MR) is 122 cm³/mol. The van der Waals surface area contributed by atoms with Crippen molar-refractivity contribution in [3.05, 3.63) is 108 Å². The lowest BCUT2D eigenvalue weighted by molar-refractivity contribution is -0.145.